The molecule has 1 atom stereocenters. The van der Waals surface area contributed by atoms with Crippen LogP contribution in [0.1, 0.15) is 86.1 Å². The average molecular weight is 353 g/mol. The quantitative estimate of drug-likeness (QED) is 0.442. The fourth-order valence-electron chi connectivity index (χ4n) is 4.25. The van der Waals surface area contributed by atoms with Gasteiger partial charge < -0.3 is 0 Å². The van der Waals surface area contributed by atoms with Gasteiger partial charge in [0.25, 0.3) is 0 Å². The minimum atomic E-state index is 0.00649. The van der Waals surface area contributed by atoms with Crippen molar-refractivity contribution in [2.45, 2.75) is 84.0 Å². The second kappa shape index (κ2) is 9.35. The summed E-state index contributed by atoms with van der Waals surface area (Å²) in [5, 5.41) is 0. The monoisotopic (exact) mass is 352 g/mol. The summed E-state index contributed by atoms with van der Waals surface area (Å²) in [6.45, 7) is 4.45. The van der Waals surface area contributed by atoms with Crippen LogP contribution in [0.15, 0.2) is 36.4 Å². The SMILES string of the molecule is CCCCCc1ccc(C2CCc3cc(CCCC)ccc3C2)c(F)c1. The molecule has 0 bridgehead atoms. The van der Waals surface area contributed by atoms with E-state index in [0.717, 1.165) is 43.2 Å². The van der Waals surface area contributed by atoms with E-state index in [-0.39, 0.29) is 5.82 Å². The molecule has 0 spiro atoms. The van der Waals surface area contributed by atoms with E-state index in [4.69, 9.17) is 0 Å². The first-order valence-corrected chi connectivity index (χ1v) is 10.6. The van der Waals surface area contributed by atoms with E-state index >= 15 is 0 Å². The summed E-state index contributed by atoms with van der Waals surface area (Å²) in [5.74, 6) is 0.334. The summed E-state index contributed by atoms with van der Waals surface area (Å²) in [7, 11) is 0. The van der Waals surface area contributed by atoms with E-state index in [1.165, 1.54) is 48.8 Å². The van der Waals surface area contributed by atoms with Gasteiger partial charge in [0.2, 0.25) is 0 Å². The molecule has 0 amide bonds. The van der Waals surface area contributed by atoms with E-state index in [0.29, 0.717) is 5.92 Å². The largest absolute Gasteiger partial charge is 0.207 e. The van der Waals surface area contributed by atoms with E-state index in [2.05, 4.69) is 44.2 Å². The fraction of sp³-hybridized carbons (Fsp3) is 0.520. The van der Waals surface area contributed by atoms with E-state index in [1.54, 1.807) is 6.07 Å². The van der Waals surface area contributed by atoms with Gasteiger partial charge in [0, 0.05) is 0 Å². The first-order chi connectivity index (χ1) is 12.7. The maximum atomic E-state index is 14.7. The van der Waals surface area contributed by atoms with E-state index in [9.17, 15) is 4.39 Å². The fourth-order valence-corrected chi connectivity index (χ4v) is 4.25. The number of fused-ring (bicyclic) bond motifs is 1. The number of rotatable bonds is 8. The maximum Gasteiger partial charge on any atom is 0.126 e. The molecule has 3 rings (SSSR count). The predicted molar refractivity (Wildman–Crippen MR) is 109 cm³/mol. The summed E-state index contributed by atoms with van der Waals surface area (Å²) in [6, 6.07) is 13.0. The van der Waals surface area contributed by atoms with Crippen molar-refractivity contribution < 1.29 is 4.39 Å². The maximum absolute atomic E-state index is 14.7. The van der Waals surface area contributed by atoms with Crippen LogP contribution in [0, 0.1) is 5.82 Å². The number of unbranched alkanes of at least 4 members (excludes halogenated alkanes) is 3. The number of halogens is 1. The summed E-state index contributed by atoms with van der Waals surface area (Å²) in [5.41, 5.74) is 6.45. The molecule has 0 heterocycles. The molecule has 2 aromatic carbocycles. The lowest BCUT2D eigenvalue weighted by atomic mass is 9.79. The lowest BCUT2D eigenvalue weighted by molar-refractivity contribution is 0.532. The molecule has 0 nitrogen and oxygen atoms in total. The van der Waals surface area contributed by atoms with Crippen LogP contribution < -0.4 is 0 Å². The van der Waals surface area contributed by atoms with Crippen molar-refractivity contribution in [3.63, 3.8) is 0 Å². The smallest absolute Gasteiger partial charge is 0.126 e. The Balaban J connectivity index is 1.68. The highest BCUT2D eigenvalue weighted by molar-refractivity contribution is 5.38. The summed E-state index contributed by atoms with van der Waals surface area (Å²) in [6.07, 6.45) is 11.4. The van der Waals surface area contributed by atoms with Crippen LogP contribution in [-0.4, -0.2) is 0 Å². The number of benzene rings is 2. The van der Waals surface area contributed by atoms with Crippen molar-refractivity contribution in [1.82, 2.24) is 0 Å². The Kier molecular flexibility index (Phi) is 6.88. The minimum absolute atomic E-state index is 0.00649. The van der Waals surface area contributed by atoms with Crippen molar-refractivity contribution in [1.29, 1.82) is 0 Å². The molecule has 0 aliphatic heterocycles. The first-order valence-electron chi connectivity index (χ1n) is 10.6. The molecule has 0 radical (unpaired) electrons. The minimum Gasteiger partial charge on any atom is -0.207 e. The topological polar surface area (TPSA) is 0 Å². The van der Waals surface area contributed by atoms with Crippen LogP contribution in [-0.2, 0) is 25.7 Å². The van der Waals surface area contributed by atoms with Gasteiger partial charge in [0.1, 0.15) is 5.82 Å². The molecule has 0 saturated heterocycles. The zero-order valence-corrected chi connectivity index (χ0v) is 16.5. The highest BCUT2D eigenvalue weighted by atomic mass is 19.1. The van der Waals surface area contributed by atoms with Crippen LogP contribution in [0.3, 0.4) is 0 Å². The zero-order chi connectivity index (χ0) is 18.4. The molecule has 1 aliphatic rings. The molecule has 140 valence electrons. The van der Waals surface area contributed by atoms with Gasteiger partial charge in [-0.15, -0.1) is 0 Å². The third kappa shape index (κ3) is 4.75. The zero-order valence-electron chi connectivity index (χ0n) is 16.5. The molecule has 1 unspecified atom stereocenters. The molecule has 0 fully saturated rings. The summed E-state index contributed by atoms with van der Waals surface area (Å²) < 4.78 is 14.7. The molecule has 0 saturated carbocycles. The number of hydrogen-bond donors (Lipinski definition) is 0. The number of hydrogen-bond acceptors (Lipinski definition) is 0. The lowest BCUT2D eigenvalue weighted by Gasteiger charge is -2.26. The second-order valence-corrected chi connectivity index (χ2v) is 7.96. The van der Waals surface area contributed by atoms with Crippen molar-refractivity contribution in [3.8, 4) is 0 Å². The Hall–Kier alpha value is -1.63. The molecular weight excluding hydrogens is 319 g/mol. The van der Waals surface area contributed by atoms with Gasteiger partial charge in [0.15, 0.2) is 0 Å². The van der Waals surface area contributed by atoms with Gasteiger partial charge in [-0.2, -0.15) is 0 Å². The Bertz CT molecular complexity index is 716. The molecule has 2 aromatic rings. The molecule has 1 aliphatic carbocycles. The van der Waals surface area contributed by atoms with Gasteiger partial charge >= 0.3 is 0 Å². The van der Waals surface area contributed by atoms with Crippen LogP contribution >= 0.6 is 0 Å². The van der Waals surface area contributed by atoms with Crippen LogP contribution in [0.4, 0.5) is 4.39 Å². The molecule has 26 heavy (non-hydrogen) atoms. The molecular formula is C25H33F. The average Bonchev–Trinajstić information content (AvgIpc) is 2.66. The van der Waals surface area contributed by atoms with Crippen LogP contribution in [0.5, 0.6) is 0 Å². The van der Waals surface area contributed by atoms with Crippen molar-refractivity contribution in [2.24, 2.45) is 0 Å². The first kappa shape index (κ1) is 19.1. The highest BCUT2D eigenvalue weighted by Crippen LogP contribution is 2.34. The highest BCUT2D eigenvalue weighted by Gasteiger charge is 2.22. The molecule has 0 aromatic heterocycles. The summed E-state index contributed by atoms with van der Waals surface area (Å²) in [4.78, 5) is 0. The molecule has 1 heteroatoms. The Labute approximate surface area is 158 Å². The second-order valence-electron chi connectivity index (χ2n) is 7.96. The van der Waals surface area contributed by atoms with Crippen molar-refractivity contribution in [2.75, 3.05) is 0 Å². The third-order valence-electron chi connectivity index (χ3n) is 5.89. The lowest BCUT2D eigenvalue weighted by Crippen LogP contribution is -2.14. The predicted octanol–water partition coefficient (Wildman–Crippen LogP) is 7.17. The number of aryl methyl sites for hydroxylation is 3. The Morgan fingerprint density at radius 2 is 1.58 bits per heavy atom. The van der Waals surface area contributed by atoms with Gasteiger partial charge in [-0.05, 0) is 84.7 Å². The van der Waals surface area contributed by atoms with Crippen LogP contribution in [0.25, 0.3) is 0 Å². The van der Waals surface area contributed by atoms with Crippen molar-refractivity contribution >= 4 is 0 Å². The van der Waals surface area contributed by atoms with Gasteiger partial charge in [-0.1, -0.05) is 63.4 Å². The standard InChI is InChI=1S/C25H33F/c1-3-5-7-9-20-11-15-24(25(26)17-20)23-14-13-21-16-19(8-6-4-2)10-12-22(21)18-23/h10-12,15-17,23H,3-9,13-14,18H2,1-2H3. The normalized spacial score (nSPS) is 16.5. The van der Waals surface area contributed by atoms with E-state index < -0.39 is 0 Å². The Morgan fingerprint density at radius 3 is 2.35 bits per heavy atom. The van der Waals surface area contributed by atoms with Gasteiger partial charge in [0.05, 0.1) is 0 Å². The third-order valence-corrected chi connectivity index (χ3v) is 5.89. The van der Waals surface area contributed by atoms with E-state index in [1.807, 2.05) is 0 Å². The van der Waals surface area contributed by atoms with Gasteiger partial charge in [-0.25, -0.2) is 4.39 Å². The molecule has 0 N–H and O–H groups in total. The van der Waals surface area contributed by atoms with Crippen LogP contribution in [0.2, 0.25) is 0 Å². The van der Waals surface area contributed by atoms with Gasteiger partial charge in [-0.3, -0.25) is 0 Å². The Morgan fingerprint density at radius 1 is 0.846 bits per heavy atom. The van der Waals surface area contributed by atoms with Crippen molar-refractivity contribution in [3.05, 3.63) is 70.0 Å². The summed E-state index contributed by atoms with van der Waals surface area (Å²) >= 11 is 0.